The maximum Gasteiger partial charge on any atom is 0.240 e. The quantitative estimate of drug-likeness (QED) is 0.706. The third-order valence-electron chi connectivity index (χ3n) is 3.68. The fraction of sp³-hybridized carbons (Fsp3) is 0.0588. The Morgan fingerprint density at radius 3 is 2.17 bits per heavy atom. The number of aryl methyl sites for hydroxylation is 1. The predicted molar refractivity (Wildman–Crippen MR) is 96.3 cm³/mol. The molecule has 0 bridgehead atoms. The van der Waals surface area contributed by atoms with Crippen LogP contribution in [0.1, 0.15) is 5.56 Å². The lowest BCUT2D eigenvalue weighted by Crippen LogP contribution is -2.13. The molecule has 124 valence electrons. The topological polar surface area (TPSA) is 60.2 Å². The summed E-state index contributed by atoms with van der Waals surface area (Å²) in [7, 11) is -4.08. The number of nitrogens with two attached hydrogens (primary N) is 1. The van der Waals surface area contributed by atoms with Gasteiger partial charge in [0.2, 0.25) is 10.0 Å². The van der Waals surface area contributed by atoms with Gasteiger partial charge in [0.25, 0.3) is 0 Å². The highest BCUT2D eigenvalue weighted by Crippen LogP contribution is 2.37. The van der Waals surface area contributed by atoms with Crippen LogP contribution < -0.4 is 5.14 Å². The van der Waals surface area contributed by atoms with Crippen molar-refractivity contribution in [3.63, 3.8) is 0 Å². The fourth-order valence-electron chi connectivity index (χ4n) is 2.46. The first-order valence-electron chi connectivity index (χ1n) is 6.93. The van der Waals surface area contributed by atoms with Crippen molar-refractivity contribution in [2.45, 2.75) is 11.8 Å². The monoisotopic (exact) mass is 381 g/mol. The van der Waals surface area contributed by atoms with Gasteiger partial charge in [0.05, 0.1) is 0 Å². The van der Waals surface area contributed by atoms with Crippen molar-refractivity contribution >= 4 is 33.0 Å². The Morgan fingerprint density at radius 1 is 1.04 bits per heavy atom. The normalized spacial score (nSPS) is 11.7. The van der Waals surface area contributed by atoms with Gasteiger partial charge in [-0.1, -0.05) is 23.7 Å². The van der Waals surface area contributed by atoms with E-state index in [0.29, 0.717) is 10.6 Å². The predicted octanol–water partition coefficient (Wildman–Crippen LogP) is 4.83. The Kier molecular flexibility index (Phi) is 4.48. The van der Waals surface area contributed by atoms with E-state index < -0.39 is 20.7 Å². The molecule has 3 aromatic rings. The molecule has 3 rings (SSSR count). The van der Waals surface area contributed by atoms with Crippen LogP contribution in [0.4, 0.5) is 4.39 Å². The molecule has 0 aliphatic heterocycles. The van der Waals surface area contributed by atoms with Gasteiger partial charge in [-0.25, -0.2) is 17.9 Å². The molecule has 24 heavy (non-hydrogen) atoms. The number of sulfonamides is 1. The number of thiophene rings is 1. The van der Waals surface area contributed by atoms with Crippen molar-refractivity contribution in [2.75, 3.05) is 0 Å². The fourth-order valence-corrected chi connectivity index (χ4v) is 4.03. The van der Waals surface area contributed by atoms with E-state index in [1.165, 1.54) is 23.5 Å². The van der Waals surface area contributed by atoms with Crippen LogP contribution in [0, 0.1) is 12.7 Å². The lowest BCUT2D eigenvalue weighted by atomic mass is 9.98. The SMILES string of the molecule is Cc1cc(-c2cscc2-c2ccc(S(N)(=O)=O)c(F)c2)ccc1Cl. The summed E-state index contributed by atoms with van der Waals surface area (Å²) >= 11 is 7.55. The first kappa shape index (κ1) is 17.1. The summed E-state index contributed by atoms with van der Waals surface area (Å²) in [5.41, 5.74) is 4.25. The minimum atomic E-state index is -4.08. The summed E-state index contributed by atoms with van der Waals surface area (Å²) < 4.78 is 36.8. The van der Waals surface area contributed by atoms with Crippen LogP contribution in [0.3, 0.4) is 0 Å². The first-order chi connectivity index (χ1) is 11.3. The average molecular weight is 382 g/mol. The van der Waals surface area contributed by atoms with Gasteiger partial charge in [0.15, 0.2) is 0 Å². The van der Waals surface area contributed by atoms with Crippen molar-refractivity contribution in [1.82, 2.24) is 0 Å². The van der Waals surface area contributed by atoms with Gasteiger partial charge in [-0.3, -0.25) is 0 Å². The van der Waals surface area contributed by atoms with Crippen LogP contribution in [0.2, 0.25) is 5.02 Å². The summed E-state index contributed by atoms with van der Waals surface area (Å²) in [6.07, 6.45) is 0. The van der Waals surface area contributed by atoms with Gasteiger partial charge in [-0.15, -0.1) is 0 Å². The summed E-state index contributed by atoms with van der Waals surface area (Å²) in [6, 6.07) is 9.61. The molecule has 0 amide bonds. The number of halogens is 2. The average Bonchev–Trinajstić information content (AvgIpc) is 2.98. The summed E-state index contributed by atoms with van der Waals surface area (Å²) in [4.78, 5) is -0.509. The molecule has 3 nitrogen and oxygen atoms in total. The van der Waals surface area contributed by atoms with Crippen LogP contribution in [0.5, 0.6) is 0 Å². The van der Waals surface area contributed by atoms with Gasteiger partial charge < -0.3 is 0 Å². The lowest BCUT2D eigenvalue weighted by molar-refractivity contribution is 0.568. The Bertz CT molecular complexity index is 1030. The first-order valence-corrected chi connectivity index (χ1v) is 9.79. The molecule has 0 saturated heterocycles. The van der Waals surface area contributed by atoms with E-state index in [0.717, 1.165) is 22.3 Å². The molecule has 1 heterocycles. The molecule has 0 radical (unpaired) electrons. The lowest BCUT2D eigenvalue weighted by Gasteiger charge is -2.08. The number of rotatable bonds is 3. The Morgan fingerprint density at radius 2 is 1.62 bits per heavy atom. The molecular weight excluding hydrogens is 369 g/mol. The number of benzene rings is 2. The van der Waals surface area contributed by atoms with Crippen molar-refractivity contribution in [1.29, 1.82) is 0 Å². The highest BCUT2D eigenvalue weighted by Gasteiger charge is 2.17. The number of hydrogen-bond acceptors (Lipinski definition) is 3. The van der Waals surface area contributed by atoms with Gasteiger partial charge in [0.1, 0.15) is 10.7 Å². The van der Waals surface area contributed by atoms with E-state index in [9.17, 15) is 12.8 Å². The van der Waals surface area contributed by atoms with Gasteiger partial charge >= 0.3 is 0 Å². The summed E-state index contributed by atoms with van der Waals surface area (Å²) in [5, 5.41) is 9.53. The van der Waals surface area contributed by atoms with Crippen molar-refractivity contribution in [2.24, 2.45) is 5.14 Å². The largest absolute Gasteiger partial charge is 0.240 e. The van der Waals surface area contributed by atoms with Crippen molar-refractivity contribution in [3.8, 4) is 22.3 Å². The summed E-state index contributed by atoms with van der Waals surface area (Å²) in [6.45, 7) is 1.92. The van der Waals surface area contributed by atoms with E-state index in [1.54, 1.807) is 6.07 Å². The molecule has 0 spiro atoms. The second-order valence-corrected chi connectivity index (χ2v) is 8.03. The number of hydrogen-bond donors (Lipinski definition) is 1. The standard InChI is InChI=1S/C17H13ClFNO2S2/c1-10-6-11(2-4-15(10)18)13-8-23-9-14(13)12-3-5-17(16(19)7-12)24(20,21)22/h2-9H,1H3,(H2,20,21,22). The maximum absolute atomic E-state index is 14.1. The second kappa shape index (κ2) is 6.29. The van der Waals surface area contributed by atoms with E-state index in [-0.39, 0.29) is 0 Å². The molecule has 7 heteroatoms. The van der Waals surface area contributed by atoms with Crippen molar-refractivity contribution < 1.29 is 12.8 Å². The zero-order valence-corrected chi connectivity index (χ0v) is 15.0. The van der Waals surface area contributed by atoms with Gasteiger partial charge in [0, 0.05) is 16.1 Å². The zero-order valence-electron chi connectivity index (χ0n) is 12.6. The molecular formula is C17H13ClFNO2S2. The van der Waals surface area contributed by atoms with Gasteiger partial charge in [-0.05, 0) is 58.6 Å². The molecule has 2 aromatic carbocycles. The molecule has 0 unspecified atom stereocenters. The van der Waals surface area contributed by atoms with E-state index in [1.807, 2.05) is 35.9 Å². The molecule has 0 saturated carbocycles. The second-order valence-electron chi connectivity index (χ2n) is 5.35. The highest BCUT2D eigenvalue weighted by molar-refractivity contribution is 7.89. The Labute approximate surface area is 148 Å². The Hall–Kier alpha value is -1.73. The number of primary sulfonamides is 1. The smallest absolute Gasteiger partial charge is 0.225 e. The molecule has 1 aromatic heterocycles. The minimum absolute atomic E-state index is 0.509. The molecule has 0 aliphatic rings. The van der Waals surface area contributed by atoms with E-state index in [4.69, 9.17) is 16.7 Å². The molecule has 2 N–H and O–H groups in total. The van der Waals surface area contributed by atoms with Crippen LogP contribution in [0.25, 0.3) is 22.3 Å². The van der Waals surface area contributed by atoms with Crippen LogP contribution in [-0.2, 0) is 10.0 Å². The van der Waals surface area contributed by atoms with Crippen LogP contribution in [0.15, 0.2) is 52.1 Å². The molecule has 0 fully saturated rings. The van der Waals surface area contributed by atoms with E-state index >= 15 is 0 Å². The Balaban J connectivity index is 2.11. The maximum atomic E-state index is 14.1. The highest BCUT2D eigenvalue weighted by atomic mass is 35.5. The van der Waals surface area contributed by atoms with Crippen LogP contribution >= 0.6 is 22.9 Å². The molecule has 0 atom stereocenters. The summed E-state index contributed by atoms with van der Waals surface area (Å²) in [5.74, 6) is -0.862. The van der Waals surface area contributed by atoms with Gasteiger partial charge in [-0.2, -0.15) is 11.3 Å². The van der Waals surface area contributed by atoms with Crippen molar-refractivity contribution in [3.05, 3.63) is 63.6 Å². The third-order valence-corrected chi connectivity index (χ3v) is 5.79. The third kappa shape index (κ3) is 3.23. The van der Waals surface area contributed by atoms with E-state index in [2.05, 4.69) is 0 Å². The zero-order chi connectivity index (χ0) is 17.5. The van der Waals surface area contributed by atoms with Crippen LogP contribution in [-0.4, -0.2) is 8.42 Å². The molecule has 0 aliphatic carbocycles. The minimum Gasteiger partial charge on any atom is -0.225 e.